The zero-order chi connectivity index (χ0) is 15.5. The number of halogens is 1. The fraction of sp³-hybridized carbons (Fsp3) is 0.562. The number of carbonyl (C=O) groups excluding carboxylic acids is 1. The quantitative estimate of drug-likeness (QED) is 0.889. The molecule has 2 rings (SSSR count). The molecular weight excluding hydrogens is 271 g/mol. The first-order valence-corrected chi connectivity index (χ1v) is 7.24. The van der Waals surface area contributed by atoms with Crippen LogP contribution in [-0.2, 0) is 14.9 Å². The number of ether oxygens (including phenoxy) is 1. The average Bonchev–Trinajstić information content (AvgIpc) is 2.44. The molecule has 1 fully saturated rings. The van der Waals surface area contributed by atoms with E-state index >= 15 is 0 Å². The number of amides is 1. The summed E-state index contributed by atoms with van der Waals surface area (Å²) in [6, 6.07) is 6.28. The van der Waals surface area contributed by atoms with Crippen molar-refractivity contribution >= 4 is 5.91 Å². The number of rotatable bonds is 4. The second-order valence-corrected chi connectivity index (χ2v) is 6.38. The Labute approximate surface area is 124 Å². The highest BCUT2D eigenvalue weighted by atomic mass is 19.1. The molecule has 1 aromatic carbocycles. The Morgan fingerprint density at radius 1 is 1.43 bits per heavy atom. The molecule has 21 heavy (non-hydrogen) atoms. The van der Waals surface area contributed by atoms with E-state index in [2.05, 4.69) is 5.32 Å². The minimum Gasteiger partial charge on any atom is -0.381 e. The van der Waals surface area contributed by atoms with Gasteiger partial charge in [-0.15, -0.1) is 0 Å². The van der Waals surface area contributed by atoms with Crippen LogP contribution in [0.15, 0.2) is 24.3 Å². The Balaban J connectivity index is 2.27. The van der Waals surface area contributed by atoms with Crippen molar-refractivity contribution < 1.29 is 13.9 Å². The maximum absolute atomic E-state index is 13.5. The van der Waals surface area contributed by atoms with Crippen LogP contribution in [0.3, 0.4) is 0 Å². The Morgan fingerprint density at radius 3 is 2.67 bits per heavy atom. The highest BCUT2D eigenvalue weighted by molar-refractivity contribution is 5.88. The van der Waals surface area contributed by atoms with Crippen molar-refractivity contribution in [3.63, 3.8) is 0 Å². The molecule has 0 spiro atoms. The van der Waals surface area contributed by atoms with Crippen LogP contribution < -0.4 is 11.1 Å². The van der Waals surface area contributed by atoms with Crippen molar-refractivity contribution in [1.29, 1.82) is 0 Å². The molecule has 1 aromatic rings. The number of carbonyl (C=O) groups is 1. The Kier molecular flexibility index (Phi) is 4.64. The lowest BCUT2D eigenvalue weighted by molar-refractivity contribution is -0.130. The Bertz CT molecular complexity index is 505. The van der Waals surface area contributed by atoms with Crippen LogP contribution in [0.1, 0.15) is 32.3 Å². The van der Waals surface area contributed by atoms with E-state index < -0.39 is 11.0 Å². The molecular formula is C16H23FN2O2. The second kappa shape index (κ2) is 6.12. The van der Waals surface area contributed by atoms with Gasteiger partial charge >= 0.3 is 0 Å². The molecule has 1 aliphatic heterocycles. The minimum absolute atomic E-state index is 0.102. The summed E-state index contributed by atoms with van der Waals surface area (Å²) in [5, 5.41) is 2.91. The van der Waals surface area contributed by atoms with Crippen molar-refractivity contribution in [2.24, 2.45) is 5.73 Å². The van der Waals surface area contributed by atoms with E-state index in [-0.39, 0.29) is 11.7 Å². The second-order valence-electron chi connectivity index (χ2n) is 6.38. The molecule has 3 N–H and O–H groups in total. The average molecular weight is 294 g/mol. The number of hydrogen-bond donors (Lipinski definition) is 2. The summed E-state index contributed by atoms with van der Waals surface area (Å²) in [5.41, 5.74) is 5.41. The van der Waals surface area contributed by atoms with E-state index in [1.807, 2.05) is 19.9 Å². The van der Waals surface area contributed by atoms with Gasteiger partial charge in [0.1, 0.15) is 5.82 Å². The number of hydrogen-bond acceptors (Lipinski definition) is 3. The zero-order valence-corrected chi connectivity index (χ0v) is 12.6. The predicted molar refractivity (Wildman–Crippen MR) is 79.4 cm³/mol. The van der Waals surface area contributed by atoms with E-state index in [4.69, 9.17) is 10.5 Å². The molecule has 116 valence electrons. The smallest absolute Gasteiger partial charge is 0.230 e. The lowest BCUT2D eigenvalue weighted by Gasteiger charge is -2.37. The molecule has 5 heteroatoms. The standard InChI is InChI=1S/C16H23FN2O2/c1-15(2,18)11-19-14(20)16(6-8-21-9-7-16)12-4-3-5-13(17)10-12/h3-5,10H,6-9,11,18H2,1-2H3,(H,19,20). The summed E-state index contributed by atoms with van der Waals surface area (Å²) in [5.74, 6) is -0.430. The van der Waals surface area contributed by atoms with Crippen LogP contribution in [0.4, 0.5) is 4.39 Å². The minimum atomic E-state index is -0.731. The summed E-state index contributed by atoms with van der Waals surface area (Å²) in [6.45, 7) is 5.08. The maximum atomic E-state index is 13.5. The highest BCUT2D eigenvalue weighted by Gasteiger charge is 2.42. The monoisotopic (exact) mass is 294 g/mol. The van der Waals surface area contributed by atoms with Gasteiger partial charge in [0.25, 0.3) is 0 Å². The predicted octanol–water partition coefficient (Wildman–Crippen LogP) is 1.73. The highest BCUT2D eigenvalue weighted by Crippen LogP contribution is 2.35. The first-order chi connectivity index (χ1) is 9.83. The molecule has 0 aliphatic carbocycles. The summed E-state index contributed by atoms with van der Waals surface area (Å²) in [6.07, 6.45) is 1.10. The van der Waals surface area contributed by atoms with Gasteiger partial charge in [0.2, 0.25) is 5.91 Å². The molecule has 4 nitrogen and oxygen atoms in total. The largest absolute Gasteiger partial charge is 0.381 e. The van der Waals surface area contributed by atoms with Crippen LogP contribution in [0.5, 0.6) is 0 Å². The molecule has 0 atom stereocenters. The fourth-order valence-electron chi connectivity index (χ4n) is 2.63. The molecule has 0 radical (unpaired) electrons. The Hall–Kier alpha value is -1.46. The van der Waals surface area contributed by atoms with Gasteiger partial charge in [-0.2, -0.15) is 0 Å². The van der Waals surface area contributed by atoms with Crippen LogP contribution in [0, 0.1) is 5.82 Å². The van der Waals surface area contributed by atoms with Gasteiger partial charge in [0.15, 0.2) is 0 Å². The molecule has 0 aromatic heterocycles. The lowest BCUT2D eigenvalue weighted by atomic mass is 9.73. The van der Waals surface area contributed by atoms with E-state index in [0.717, 1.165) is 0 Å². The topological polar surface area (TPSA) is 64.3 Å². The summed E-state index contributed by atoms with van der Waals surface area (Å²) in [4.78, 5) is 12.7. The molecule has 0 unspecified atom stereocenters. The zero-order valence-electron chi connectivity index (χ0n) is 12.6. The van der Waals surface area contributed by atoms with Gasteiger partial charge in [-0.1, -0.05) is 12.1 Å². The van der Waals surface area contributed by atoms with Gasteiger partial charge in [0, 0.05) is 25.3 Å². The van der Waals surface area contributed by atoms with Gasteiger partial charge in [-0.05, 0) is 44.4 Å². The van der Waals surface area contributed by atoms with Crippen molar-refractivity contribution in [3.05, 3.63) is 35.6 Å². The van der Waals surface area contributed by atoms with E-state index in [9.17, 15) is 9.18 Å². The van der Waals surface area contributed by atoms with Crippen LogP contribution >= 0.6 is 0 Å². The van der Waals surface area contributed by atoms with Crippen molar-refractivity contribution in [2.45, 2.75) is 37.6 Å². The van der Waals surface area contributed by atoms with Crippen LogP contribution in [0.25, 0.3) is 0 Å². The number of nitrogens with one attached hydrogen (secondary N) is 1. The summed E-state index contributed by atoms with van der Waals surface area (Å²) < 4.78 is 18.9. The molecule has 1 aliphatic rings. The third-order valence-corrected chi connectivity index (χ3v) is 3.86. The van der Waals surface area contributed by atoms with E-state index in [1.165, 1.54) is 12.1 Å². The first-order valence-electron chi connectivity index (χ1n) is 7.24. The Morgan fingerprint density at radius 2 is 2.10 bits per heavy atom. The SMILES string of the molecule is CC(C)(N)CNC(=O)C1(c2cccc(F)c2)CCOCC1. The molecule has 1 saturated heterocycles. The van der Waals surface area contributed by atoms with E-state index in [1.54, 1.807) is 6.07 Å². The maximum Gasteiger partial charge on any atom is 0.230 e. The normalized spacial score (nSPS) is 18.3. The fourth-order valence-corrected chi connectivity index (χ4v) is 2.63. The third kappa shape index (κ3) is 3.80. The first kappa shape index (κ1) is 15.9. The lowest BCUT2D eigenvalue weighted by Crippen LogP contribution is -2.53. The van der Waals surface area contributed by atoms with Crippen molar-refractivity contribution in [3.8, 4) is 0 Å². The molecule has 0 bridgehead atoms. The van der Waals surface area contributed by atoms with Crippen LogP contribution in [0.2, 0.25) is 0 Å². The summed E-state index contributed by atoms with van der Waals surface area (Å²) >= 11 is 0. The van der Waals surface area contributed by atoms with Crippen molar-refractivity contribution in [2.75, 3.05) is 19.8 Å². The molecule has 1 heterocycles. The van der Waals surface area contributed by atoms with Gasteiger partial charge in [0.05, 0.1) is 5.41 Å². The van der Waals surface area contributed by atoms with Gasteiger partial charge in [-0.25, -0.2) is 4.39 Å². The third-order valence-electron chi connectivity index (χ3n) is 3.86. The van der Waals surface area contributed by atoms with Gasteiger partial charge in [-0.3, -0.25) is 4.79 Å². The van der Waals surface area contributed by atoms with E-state index in [0.29, 0.717) is 38.2 Å². The van der Waals surface area contributed by atoms with Crippen molar-refractivity contribution in [1.82, 2.24) is 5.32 Å². The summed E-state index contributed by atoms with van der Waals surface area (Å²) in [7, 11) is 0. The number of benzene rings is 1. The number of nitrogens with two attached hydrogens (primary N) is 1. The molecule has 0 saturated carbocycles. The van der Waals surface area contributed by atoms with Gasteiger partial charge < -0.3 is 15.8 Å². The molecule has 1 amide bonds. The van der Waals surface area contributed by atoms with Crippen LogP contribution in [-0.4, -0.2) is 31.2 Å².